The molecule has 2 aromatic rings. The normalized spacial score (nSPS) is 16.5. The summed E-state index contributed by atoms with van der Waals surface area (Å²) in [5, 5.41) is 0. The fourth-order valence-corrected chi connectivity index (χ4v) is 3.13. The first-order chi connectivity index (χ1) is 10.3. The standard InChI is InChI=1S/C16H18N2O2S/c19-21(17-14-4-2-1-3-5-14)16-8-6-15(7-9-16)18-10-12-20-13-11-18/h1-9,17H,10-13H2/t21-/m0/s1. The van der Waals surface area contributed by atoms with Crippen molar-refractivity contribution in [3.8, 4) is 0 Å². The van der Waals surface area contributed by atoms with Gasteiger partial charge in [0.2, 0.25) is 0 Å². The molecule has 1 aliphatic heterocycles. The van der Waals surface area contributed by atoms with Gasteiger partial charge in [-0.1, -0.05) is 18.2 Å². The second-order valence-electron chi connectivity index (χ2n) is 4.83. The van der Waals surface area contributed by atoms with Gasteiger partial charge in [0.1, 0.15) is 11.0 Å². The van der Waals surface area contributed by atoms with Gasteiger partial charge in [-0.2, -0.15) is 0 Å². The van der Waals surface area contributed by atoms with E-state index in [0.717, 1.165) is 42.6 Å². The minimum absolute atomic E-state index is 0.767. The minimum atomic E-state index is -1.24. The first-order valence-corrected chi connectivity index (χ1v) is 8.14. The number of anilines is 2. The van der Waals surface area contributed by atoms with E-state index in [1.165, 1.54) is 0 Å². The third-order valence-electron chi connectivity index (χ3n) is 3.41. The van der Waals surface area contributed by atoms with E-state index < -0.39 is 11.0 Å². The molecule has 1 fully saturated rings. The van der Waals surface area contributed by atoms with Crippen LogP contribution in [0.25, 0.3) is 0 Å². The Morgan fingerprint density at radius 1 is 0.952 bits per heavy atom. The maximum Gasteiger partial charge on any atom is 0.150 e. The van der Waals surface area contributed by atoms with Crippen LogP contribution in [0.2, 0.25) is 0 Å². The van der Waals surface area contributed by atoms with Gasteiger partial charge in [-0.05, 0) is 36.4 Å². The first kappa shape index (κ1) is 14.1. The Morgan fingerprint density at radius 3 is 2.29 bits per heavy atom. The summed E-state index contributed by atoms with van der Waals surface area (Å²) in [6.07, 6.45) is 0. The molecule has 0 unspecified atom stereocenters. The summed E-state index contributed by atoms with van der Waals surface area (Å²) in [6, 6.07) is 17.4. The van der Waals surface area contributed by atoms with E-state index in [0.29, 0.717) is 0 Å². The number of hydrogen-bond donors (Lipinski definition) is 1. The molecule has 1 atom stereocenters. The maximum absolute atomic E-state index is 12.3. The molecule has 1 aliphatic rings. The first-order valence-electron chi connectivity index (χ1n) is 6.99. The van der Waals surface area contributed by atoms with Gasteiger partial charge in [0.25, 0.3) is 0 Å². The van der Waals surface area contributed by atoms with Crippen LogP contribution in [0.3, 0.4) is 0 Å². The number of para-hydroxylation sites is 1. The Bertz CT molecular complexity index is 595. The van der Waals surface area contributed by atoms with E-state index in [4.69, 9.17) is 4.74 Å². The lowest BCUT2D eigenvalue weighted by Crippen LogP contribution is -2.36. The van der Waals surface area contributed by atoms with E-state index >= 15 is 0 Å². The average Bonchev–Trinajstić information content (AvgIpc) is 2.57. The summed E-state index contributed by atoms with van der Waals surface area (Å²) in [6.45, 7) is 3.35. The Morgan fingerprint density at radius 2 is 1.62 bits per heavy atom. The predicted octanol–water partition coefficient (Wildman–Crippen LogP) is 2.66. The van der Waals surface area contributed by atoms with Gasteiger partial charge >= 0.3 is 0 Å². The Kier molecular flexibility index (Phi) is 4.52. The fraction of sp³-hybridized carbons (Fsp3) is 0.250. The summed E-state index contributed by atoms with van der Waals surface area (Å²) in [5.74, 6) is 0. The SMILES string of the molecule is O=[S@](Nc1ccccc1)c1ccc(N2CCOCC2)cc1. The predicted molar refractivity (Wildman–Crippen MR) is 85.9 cm³/mol. The highest BCUT2D eigenvalue weighted by molar-refractivity contribution is 7.86. The van der Waals surface area contributed by atoms with Gasteiger partial charge in [-0.15, -0.1) is 0 Å². The van der Waals surface area contributed by atoms with Crippen molar-refractivity contribution in [3.05, 3.63) is 54.6 Å². The van der Waals surface area contributed by atoms with Gasteiger partial charge < -0.3 is 14.4 Å². The largest absolute Gasteiger partial charge is 0.378 e. The molecule has 4 nitrogen and oxygen atoms in total. The fourth-order valence-electron chi connectivity index (χ4n) is 2.27. The van der Waals surface area contributed by atoms with Gasteiger partial charge in [0.05, 0.1) is 18.1 Å². The van der Waals surface area contributed by atoms with Crippen molar-refractivity contribution in [2.24, 2.45) is 0 Å². The van der Waals surface area contributed by atoms with Crippen molar-refractivity contribution in [1.29, 1.82) is 0 Å². The molecule has 1 N–H and O–H groups in total. The molecule has 0 radical (unpaired) electrons. The second-order valence-corrected chi connectivity index (χ2v) is 6.04. The molecule has 0 amide bonds. The number of ether oxygens (including phenoxy) is 1. The molecular weight excluding hydrogens is 284 g/mol. The number of nitrogens with zero attached hydrogens (tertiary/aromatic N) is 1. The van der Waals surface area contributed by atoms with Crippen LogP contribution in [0.4, 0.5) is 11.4 Å². The van der Waals surface area contributed by atoms with Crippen LogP contribution in [0.1, 0.15) is 0 Å². The van der Waals surface area contributed by atoms with Gasteiger partial charge in [-0.25, -0.2) is 4.21 Å². The number of rotatable bonds is 4. The Balaban J connectivity index is 1.67. The summed E-state index contributed by atoms with van der Waals surface area (Å²) in [7, 11) is -1.24. The van der Waals surface area contributed by atoms with Crippen LogP contribution in [-0.2, 0) is 15.7 Å². The number of benzene rings is 2. The molecule has 3 rings (SSSR count). The highest BCUT2D eigenvalue weighted by atomic mass is 32.2. The number of morpholine rings is 1. The van der Waals surface area contributed by atoms with Crippen molar-refractivity contribution < 1.29 is 8.95 Å². The van der Waals surface area contributed by atoms with Crippen LogP contribution >= 0.6 is 0 Å². The van der Waals surface area contributed by atoms with Crippen LogP contribution in [0.15, 0.2) is 59.5 Å². The molecule has 0 spiro atoms. The van der Waals surface area contributed by atoms with E-state index in [1.807, 2.05) is 54.6 Å². The monoisotopic (exact) mass is 302 g/mol. The molecule has 1 heterocycles. The molecule has 0 aliphatic carbocycles. The third-order valence-corrected chi connectivity index (χ3v) is 4.53. The molecule has 0 saturated carbocycles. The van der Waals surface area contributed by atoms with Gasteiger partial charge in [-0.3, -0.25) is 0 Å². The minimum Gasteiger partial charge on any atom is -0.378 e. The van der Waals surface area contributed by atoms with E-state index in [2.05, 4.69) is 9.62 Å². The Labute approximate surface area is 127 Å². The zero-order valence-corrected chi connectivity index (χ0v) is 12.5. The van der Waals surface area contributed by atoms with Crippen molar-refractivity contribution in [2.45, 2.75) is 4.90 Å². The molecule has 21 heavy (non-hydrogen) atoms. The lowest BCUT2D eigenvalue weighted by molar-refractivity contribution is 0.122. The topological polar surface area (TPSA) is 41.6 Å². The molecule has 110 valence electrons. The van der Waals surface area contributed by atoms with Crippen molar-refractivity contribution in [2.75, 3.05) is 35.9 Å². The zero-order valence-electron chi connectivity index (χ0n) is 11.7. The lowest BCUT2D eigenvalue weighted by atomic mass is 10.2. The number of hydrogen-bond acceptors (Lipinski definition) is 3. The van der Waals surface area contributed by atoms with Gasteiger partial charge in [0.15, 0.2) is 0 Å². The second kappa shape index (κ2) is 6.74. The third kappa shape index (κ3) is 3.62. The van der Waals surface area contributed by atoms with Crippen LogP contribution in [-0.4, -0.2) is 30.5 Å². The summed E-state index contributed by atoms with van der Waals surface area (Å²) < 4.78 is 20.6. The maximum atomic E-state index is 12.3. The summed E-state index contributed by atoms with van der Waals surface area (Å²) in [5.41, 5.74) is 2.01. The van der Waals surface area contributed by atoms with Crippen molar-refractivity contribution >= 4 is 22.4 Å². The lowest BCUT2D eigenvalue weighted by Gasteiger charge is -2.28. The molecule has 2 aromatic carbocycles. The number of nitrogens with one attached hydrogen (secondary N) is 1. The van der Waals surface area contributed by atoms with E-state index in [1.54, 1.807) is 0 Å². The molecule has 0 bridgehead atoms. The van der Waals surface area contributed by atoms with E-state index in [-0.39, 0.29) is 0 Å². The van der Waals surface area contributed by atoms with Crippen LogP contribution < -0.4 is 9.62 Å². The van der Waals surface area contributed by atoms with Crippen molar-refractivity contribution in [3.63, 3.8) is 0 Å². The average molecular weight is 302 g/mol. The van der Waals surface area contributed by atoms with Gasteiger partial charge in [0, 0.05) is 24.5 Å². The van der Waals surface area contributed by atoms with Crippen LogP contribution in [0, 0.1) is 0 Å². The quantitative estimate of drug-likeness (QED) is 0.944. The van der Waals surface area contributed by atoms with Crippen LogP contribution in [0.5, 0.6) is 0 Å². The molecular formula is C16H18N2O2S. The smallest absolute Gasteiger partial charge is 0.150 e. The van der Waals surface area contributed by atoms with E-state index in [9.17, 15) is 4.21 Å². The highest BCUT2D eigenvalue weighted by Gasteiger charge is 2.11. The highest BCUT2D eigenvalue weighted by Crippen LogP contribution is 2.19. The molecule has 0 aromatic heterocycles. The zero-order chi connectivity index (χ0) is 14.5. The van der Waals surface area contributed by atoms with Crippen molar-refractivity contribution in [1.82, 2.24) is 0 Å². The molecule has 1 saturated heterocycles. The summed E-state index contributed by atoms with van der Waals surface area (Å²) in [4.78, 5) is 3.05. The molecule has 5 heteroatoms. The summed E-state index contributed by atoms with van der Waals surface area (Å²) >= 11 is 0. The Hall–Kier alpha value is -1.85.